The highest BCUT2D eigenvalue weighted by Gasteiger charge is 2.38. The number of Topliss-reactive ketones (excluding diaryl/α,β-unsaturated/α-hetero) is 1. The second kappa shape index (κ2) is 7.11. The lowest BCUT2D eigenvalue weighted by Crippen LogP contribution is -2.47. The van der Waals surface area contributed by atoms with E-state index in [0.29, 0.717) is 12.2 Å². The summed E-state index contributed by atoms with van der Waals surface area (Å²) < 4.78 is 16.2. The van der Waals surface area contributed by atoms with Gasteiger partial charge in [0.25, 0.3) is 0 Å². The van der Waals surface area contributed by atoms with E-state index in [1.807, 2.05) is 6.92 Å². The molecule has 24 heavy (non-hydrogen) atoms. The normalized spacial score (nSPS) is 24.9. The van der Waals surface area contributed by atoms with Gasteiger partial charge in [-0.15, -0.1) is 0 Å². The van der Waals surface area contributed by atoms with E-state index in [2.05, 4.69) is 17.0 Å². The molecule has 0 spiro atoms. The molecule has 1 aromatic carbocycles. The zero-order valence-corrected chi connectivity index (χ0v) is 15.0. The fourth-order valence-corrected chi connectivity index (χ4v) is 3.98. The lowest BCUT2D eigenvalue weighted by atomic mass is 9.81. The summed E-state index contributed by atoms with van der Waals surface area (Å²) in [7, 11) is 5.02. The van der Waals surface area contributed by atoms with Crippen LogP contribution in [0.25, 0.3) is 0 Å². The predicted molar refractivity (Wildman–Crippen MR) is 91.8 cm³/mol. The minimum Gasteiger partial charge on any atom is -0.493 e. The molecule has 2 aliphatic heterocycles. The second-order valence-electron chi connectivity index (χ2n) is 6.82. The number of benzene rings is 1. The largest absolute Gasteiger partial charge is 0.493 e. The number of carbonyl (C=O) groups excluding carboxylic acids is 1. The molecule has 3 unspecified atom stereocenters. The molecule has 0 saturated carbocycles. The van der Waals surface area contributed by atoms with E-state index in [9.17, 15) is 4.79 Å². The number of hydrogen-bond acceptors (Lipinski definition) is 5. The monoisotopic (exact) mass is 333 g/mol. The average Bonchev–Trinajstić information content (AvgIpc) is 2.60. The average molecular weight is 333 g/mol. The van der Waals surface area contributed by atoms with E-state index in [1.54, 1.807) is 21.3 Å². The van der Waals surface area contributed by atoms with Gasteiger partial charge in [0.05, 0.1) is 20.3 Å². The maximum atomic E-state index is 12.6. The molecule has 0 N–H and O–H groups in total. The highest BCUT2D eigenvalue weighted by Crippen LogP contribution is 2.42. The van der Waals surface area contributed by atoms with Gasteiger partial charge in [0.2, 0.25) is 0 Å². The van der Waals surface area contributed by atoms with Crippen molar-refractivity contribution < 1.29 is 19.0 Å². The summed E-state index contributed by atoms with van der Waals surface area (Å²) >= 11 is 0. The summed E-state index contributed by atoms with van der Waals surface area (Å²) in [6.45, 7) is 3.84. The van der Waals surface area contributed by atoms with Crippen molar-refractivity contribution in [2.75, 3.05) is 34.4 Å². The van der Waals surface area contributed by atoms with Crippen LogP contribution in [0.4, 0.5) is 0 Å². The molecule has 1 saturated heterocycles. The smallest absolute Gasteiger partial charge is 0.161 e. The minimum absolute atomic E-state index is 0.0814. The number of piperidine rings is 1. The highest BCUT2D eigenvalue weighted by atomic mass is 16.5. The summed E-state index contributed by atoms with van der Waals surface area (Å²) in [5, 5.41) is 0. The number of fused-ring (bicyclic) bond motifs is 3. The van der Waals surface area contributed by atoms with Crippen molar-refractivity contribution in [3.63, 3.8) is 0 Å². The summed E-state index contributed by atoms with van der Waals surface area (Å²) in [5.41, 5.74) is 2.48. The van der Waals surface area contributed by atoms with Crippen molar-refractivity contribution >= 4 is 5.78 Å². The van der Waals surface area contributed by atoms with Gasteiger partial charge in [-0.2, -0.15) is 0 Å². The Hall–Kier alpha value is -1.59. The Kier molecular flexibility index (Phi) is 5.11. The Labute approximate surface area is 143 Å². The third-order valence-corrected chi connectivity index (χ3v) is 5.44. The Morgan fingerprint density at radius 2 is 1.92 bits per heavy atom. The van der Waals surface area contributed by atoms with Gasteiger partial charge in [0, 0.05) is 38.6 Å². The number of ketones is 1. The summed E-state index contributed by atoms with van der Waals surface area (Å²) in [6.07, 6.45) is 2.48. The molecule has 5 heteroatoms. The molecule has 2 aliphatic rings. The van der Waals surface area contributed by atoms with Crippen LogP contribution in [-0.2, 0) is 16.0 Å². The molecule has 132 valence electrons. The molecule has 0 radical (unpaired) electrons. The first-order valence-corrected chi connectivity index (χ1v) is 8.61. The predicted octanol–water partition coefficient (Wildman–Crippen LogP) is 2.62. The number of methoxy groups -OCH3 is 3. The van der Waals surface area contributed by atoms with Crippen LogP contribution < -0.4 is 9.47 Å². The lowest BCUT2D eigenvalue weighted by Gasteiger charge is -2.43. The van der Waals surface area contributed by atoms with Gasteiger partial charge >= 0.3 is 0 Å². The molecule has 1 fully saturated rings. The maximum Gasteiger partial charge on any atom is 0.161 e. The first kappa shape index (κ1) is 17.2. The van der Waals surface area contributed by atoms with Crippen molar-refractivity contribution in [1.82, 2.24) is 4.90 Å². The highest BCUT2D eigenvalue weighted by molar-refractivity contribution is 5.83. The van der Waals surface area contributed by atoms with E-state index < -0.39 is 0 Å². The fourth-order valence-electron chi connectivity index (χ4n) is 3.98. The van der Waals surface area contributed by atoms with Gasteiger partial charge in [-0.3, -0.25) is 9.69 Å². The fraction of sp³-hybridized carbons (Fsp3) is 0.632. The zero-order chi connectivity index (χ0) is 17.3. The Morgan fingerprint density at radius 3 is 2.58 bits per heavy atom. The van der Waals surface area contributed by atoms with Gasteiger partial charge in [-0.1, -0.05) is 0 Å². The molecule has 3 atom stereocenters. The topological polar surface area (TPSA) is 48.0 Å². The second-order valence-corrected chi connectivity index (χ2v) is 6.82. The van der Waals surface area contributed by atoms with Crippen LogP contribution in [0.1, 0.15) is 36.9 Å². The van der Waals surface area contributed by atoms with E-state index in [-0.39, 0.29) is 18.1 Å². The van der Waals surface area contributed by atoms with Crippen LogP contribution in [0.15, 0.2) is 12.1 Å². The standard InChI is InChI=1S/C19H27NO4/c1-12(22-2)7-14-11-20-6-5-13-8-18(23-3)19(24-4)9-15(13)16(20)10-17(14)21/h8-9,12,14,16H,5-7,10-11H2,1-4H3. The van der Waals surface area contributed by atoms with Crippen molar-refractivity contribution in [3.8, 4) is 11.5 Å². The number of hydrogen-bond donors (Lipinski definition) is 0. The molecule has 2 heterocycles. The van der Waals surface area contributed by atoms with Gasteiger partial charge in [-0.25, -0.2) is 0 Å². The van der Waals surface area contributed by atoms with Crippen LogP contribution in [0.5, 0.6) is 11.5 Å². The molecule has 5 nitrogen and oxygen atoms in total. The van der Waals surface area contributed by atoms with Crippen molar-refractivity contribution in [3.05, 3.63) is 23.3 Å². The van der Waals surface area contributed by atoms with Gasteiger partial charge < -0.3 is 14.2 Å². The molecule has 3 rings (SSSR count). The van der Waals surface area contributed by atoms with E-state index >= 15 is 0 Å². The summed E-state index contributed by atoms with van der Waals surface area (Å²) in [5.74, 6) is 1.93. The van der Waals surface area contributed by atoms with Crippen LogP contribution >= 0.6 is 0 Å². The van der Waals surface area contributed by atoms with Crippen LogP contribution in [0.3, 0.4) is 0 Å². The Morgan fingerprint density at radius 1 is 1.21 bits per heavy atom. The van der Waals surface area contributed by atoms with E-state index in [1.165, 1.54) is 11.1 Å². The number of nitrogens with zero attached hydrogens (tertiary/aromatic N) is 1. The first-order valence-electron chi connectivity index (χ1n) is 8.61. The number of carbonyl (C=O) groups is 1. The zero-order valence-electron chi connectivity index (χ0n) is 15.0. The van der Waals surface area contributed by atoms with Gasteiger partial charge in [0.1, 0.15) is 5.78 Å². The van der Waals surface area contributed by atoms with Crippen LogP contribution in [0, 0.1) is 5.92 Å². The summed E-state index contributed by atoms with van der Waals surface area (Å²) in [6, 6.07) is 4.28. The Balaban J connectivity index is 1.84. The summed E-state index contributed by atoms with van der Waals surface area (Å²) in [4.78, 5) is 15.1. The van der Waals surface area contributed by atoms with E-state index in [0.717, 1.165) is 37.4 Å². The molecular formula is C19H27NO4. The number of rotatable bonds is 5. The minimum atomic E-state index is 0.0814. The lowest BCUT2D eigenvalue weighted by molar-refractivity contribution is -0.130. The molecule has 0 amide bonds. The molecule has 0 aromatic heterocycles. The van der Waals surface area contributed by atoms with Crippen molar-refractivity contribution in [2.24, 2.45) is 5.92 Å². The SMILES string of the molecule is COc1cc2c(cc1OC)C1CC(=O)C(CC(C)OC)CN1CC2. The van der Waals surface area contributed by atoms with E-state index in [4.69, 9.17) is 14.2 Å². The molecular weight excluding hydrogens is 306 g/mol. The van der Waals surface area contributed by atoms with Gasteiger partial charge in [-0.05, 0) is 43.0 Å². The number of ether oxygens (including phenoxy) is 3. The maximum absolute atomic E-state index is 12.6. The van der Waals surface area contributed by atoms with Crippen LogP contribution in [0.2, 0.25) is 0 Å². The molecule has 1 aromatic rings. The van der Waals surface area contributed by atoms with Crippen molar-refractivity contribution in [1.29, 1.82) is 0 Å². The first-order chi connectivity index (χ1) is 11.6. The molecule has 0 bridgehead atoms. The van der Waals surface area contributed by atoms with Crippen LogP contribution in [-0.4, -0.2) is 51.2 Å². The van der Waals surface area contributed by atoms with Gasteiger partial charge in [0.15, 0.2) is 11.5 Å². The third kappa shape index (κ3) is 3.15. The third-order valence-electron chi connectivity index (χ3n) is 5.44. The molecule has 0 aliphatic carbocycles. The Bertz CT molecular complexity index is 616. The van der Waals surface area contributed by atoms with Crippen molar-refractivity contribution in [2.45, 2.75) is 38.3 Å². The quantitative estimate of drug-likeness (QED) is 0.829.